The van der Waals surface area contributed by atoms with Crippen molar-refractivity contribution in [2.24, 2.45) is 0 Å². The van der Waals surface area contributed by atoms with E-state index in [1.165, 1.54) is 16.3 Å². The van der Waals surface area contributed by atoms with Crippen molar-refractivity contribution in [3.8, 4) is 0 Å². The van der Waals surface area contributed by atoms with Crippen molar-refractivity contribution >= 4 is 39.3 Å². The van der Waals surface area contributed by atoms with Gasteiger partial charge in [-0.2, -0.15) is 11.4 Å². The molecule has 0 bridgehead atoms. The van der Waals surface area contributed by atoms with Gasteiger partial charge in [0, 0.05) is 11.2 Å². The molecule has 0 amide bonds. The van der Waals surface area contributed by atoms with Gasteiger partial charge in [0.15, 0.2) is 0 Å². The summed E-state index contributed by atoms with van der Waals surface area (Å²) in [5.74, 6) is -0.0414. The monoisotopic (exact) mass is 323 g/mol. The fraction of sp³-hybridized carbons (Fsp3) is 0.0526. The number of hydrogen-bond acceptors (Lipinski definition) is 1. The van der Waals surface area contributed by atoms with E-state index >= 15 is 0 Å². The van der Waals surface area contributed by atoms with E-state index in [1.54, 1.807) is 18.2 Å². The van der Waals surface area contributed by atoms with Crippen LogP contribution in [0.4, 0.5) is 5.69 Å². The Hall–Kier alpha value is -2.59. The second-order valence-corrected chi connectivity index (χ2v) is 6.09. The summed E-state index contributed by atoms with van der Waals surface area (Å²) in [5.41, 5.74) is 4.04. The maximum atomic E-state index is 11.1. The molecule has 3 aromatic carbocycles. The molecule has 0 spiro atoms. The molecule has 4 heteroatoms. The normalized spacial score (nSPS) is 11.3. The number of anilines is 1. The van der Waals surface area contributed by atoms with Crippen LogP contribution in [0.25, 0.3) is 10.8 Å². The molecule has 2 N–H and O–H groups in total. The van der Waals surface area contributed by atoms with Crippen LogP contribution in [0.3, 0.4) is 0 Å². The molecule has 0 fully saturated rings. The van der Waals surface area contributed by atoms with Crippen molar-refractivity contribution in [3.05, 3.63) is 77.9 Å². The summed E-state index contributed by atoms with van der Waals surface area (Å²) in [5, 5.41) is 14.7. The minimum absolute atomic E-state index is 0.282. The molecule has 0 atom stereocenters. The predicted octanol–water partition coefficient (Wildman–Crippen LogP) is 4.38. The topological polar surface area (TPSA) is 49.3 Å². The summed E-state index contributed by atoms with van der Waals surface area (Å²) < 4.78 is 0. The summed E-state index contributed by atoms with van der Waals surface area (Å²) in [6.45, 7) is 0. The van der Waals surface area contributed by atoms with Crippen LogP contribution in [0.2, 0.25) is 0 Å². The van der Waals surface area contributed by atoms with Gasteiger partial charge < -0.3 is 10.4 Å². The number of fused-ring (bicyclic) bond motifs is 1. The van der Waals surface area contributed by atoms with Gasteiger partial charge >= 0.3 is 5.97 Å². The Morgan fingerprint density at radius 2 is 1.74 bits per heavy atom. The third-order valence-electron chi connectivity index (χ3n) is 3.56. The highest BCUT2D eigenvalue weighted by Crippen LogP contribution is 2.18. The molecule has 0 unspecified atom stereocenters. The summed E-state index contributed by atoms with van der Waals surface area (Å²) in [6.07, 6.45) is 0. The second kappa shape index (κ2) is 7.11. The van der Waals surface area contributed by atoms with Crippen molar-refractivity contribution in [3.63, 3.8) is 0 Å². The number of aromatic carboxylic acids is 1. The minimum atomic E-state index is -0.923. The molecule has 3 rings (SSSR count). The van der Waals surface area contributed by atoms with Crippen molar-refractivity contribution in [1.29, 1.82) is 0 Å². The number of rotatable bonds is 5. The maximum absolute atomic E-state index is 11.1. The van der Waals surface area contributed by atoms with Crippen LogP contribution in [0.1, 0.15) is 15.9 Å². The maximum Gasteiger partial charge on any atom is 0.337 e. The predicted molar refractivity (Wildman–Crippen MR) is 99.7 cm³/mol. The molecular formula is C19H17NO2S. The third-order valence-corrected chi connectivity index (χ3v) is 4.42. The van der Waals surface area contributed by atoms with Crippen molar-refractivity contribution in [2.45, 2.75) is 5.75 Å². The summed E-state index contributed by atoms with van der Waals surface area (Å²) >= 11 is 1.08. The SMILES string of the molecule is O=C(O)c1ccccc1NC=[SH]Cc1ccc2ccccc2c1. The lowest BCUT2D eigenvalue weighted by Gasteiger charge is -2.05. The first-order chi connectivity index (χ1) is 11.2. The fourth-order valence-electron chi connectivity index (χ4n) is 2.40. The van der Waals surface area contributed by atoms with Gasteiger partial charge in [0.25, 0.3) is 0 Å². The molecule has 0 heterocycles. The van der Waals surface area contributed by atoms with E-state index in [4.69, 9.17) is 5.11 Å². The van der Waals surface area contributed by atoms with Crippen LogP contribution >= 0.6 is 11.4 Å². The van der Waals surface area contributed by atoms with Crippen LogP contribution in [-0.2, 0) is 5.75 Å². The summed E-state index contributed by atoms with van der Waals surface area (Å²) in [6, 6.07) is 21.7. The number of hydrogen-bond donors (Lipinski definition) is 3. The number of benzene rings is 3. The zero-order chi connectivity index (χ0) is 16.1. The lowest BCUT2D eigenvalue weighted by atomic mass is 10.1. The van der Waals surface area contributed by atoms with Crippen LogP contribution in [-0.4, -0.2) is 16.6 Å². The smallest absolute Gasteiger partial charge is 0.337 e. The Labute approximate surface area is 138 Å². The molecule has 0 saturated carbocycles. The number of carboxylic acid groups (broad SMARTS) is 1. The third kappa shape index (κ3) is 3.79. The highest BCUT2D eigenvalue weighted by Gasteiger charge is 2.06. The van der Waals surface area contributed by atoms with Gasteiger partial charge in [-0.1, -0.05) is 54.6 Å². The van der Waals surface area contributed by atoms with E-state index in [1.807, 2.05) is 23.7 Å². The Kier molecular flexibility index (Phi) is 4.74. The molecular weight excluding hydrogens is 306 g/mol. The van der Waals surface area contributed by atoms with Crippen LogP contribution in [0, 0.1) is 0 Å². The van der Waals surface area contributed by atoms with Gasteiger partial charge in [-0.15, -0.1) is 0 Å². The standard InChI is InChI=1S/C19H17NO2S/c21-19(22)17-7-3-4-8-18(17)20-13-23-12-14-9-10-15-5-1-2-6-16(15)11-14/h1-11,13,20,23H,12H2,(H,21,22). The first kappa shape index (κ1) is 15.3. The first-order valence-electron chi connectivity index (χ1n) is 7.29. The number of thiol groups is 1. The highest BCUT2D eigenvalue weighted by atomic mass is 32.1. The molecule has 3 nitrogen and oxygen atoms in total. The number of carbonyl (C=O) groups is 1. The van der Waals surface area contributed by atoms with Gasteiger partial charge in [0.2, 0.25) is 0 Å². The van der Waals surface area contributed by atoms with Crippen molar-refractivity contribution in [1.82, 2.24) is 0 Å². The molecule has 23 heavy (non-hydrogen) atoms. The van der Waals surface area contributed by atoms with Crippen LogP contribution in [0.15, 0.2) is 66.7 Å². The first-order valence-corrected chi connectivity index (χ1v) is 8.44. The average Bonchev–Trinajstić information content (AvgIpc) is 2.59. The zero-order valence-electron chi connectivity index (χ0n) is 12.4. The number of para-hydroxylation sites is 1. The minimum Gasteiger partial charge on any atom is -0.478 e. The van der Waals surface area contributed by atoms with Crippen LogP contribution in [0.5, 0.6) is 0 Å². The van der Waals surface area contributed by atoms with Crippen molar-refractivity contribution < 1.29 is 9.90 Å². The number of carboxylic acids is 1. The van der Waals surface area contributed by atoms with E-state index in [9.17, 15) is 4.79 Å². The van der Waals surface area contributed by atoms with E-state index in [0.717, 1.165) is 17.1 Å². The molecule has 0 saturated heterocycles. The molecule has 116 valence electrons. The Balaban J connectivity index is 1.68. The van der Waals surface area contributed by atoms with Gasteiger partial charge in [-0.05, 0) is 28.5 Å². The molecule has 0 aliphatic heterocycles. The lowest BCUT2D eigenvalue weighted by molar-refractivity contribution is 0.0698. The average molecular weight is 323 g/mol. The Bertz CT molecular complexity index is 874. The number of nitrogens with one attached hydrogen (secondary N) is 1. The molecule has 0 aliphatic carbocycles. The zero-order valence-corrected chi connectivity index (χ0v) is 13.3. The molecule has 3 aromatic rings. The van der Waals surface area contributed by atoms with E-state index in [0.29, 0.717) is 5.69 Å². The second-order valence-electron chi connectivity index (χ2n) is 5.15. The summed E-state index contributed by atoms with van der Waals surface area (Å²) in [4.78, 5) is 11.1. The van der Waals surface area contributed by atoms with E-state index in [2.05, 4.69) is 35.6 Å². The molecule has 0 aliphatic rings. The fourth-order valence-corrected chi connectivity index (χ4v) is 3.13. The highest BCUT2D eigenvalue weighted by molar-refractivity contribution is 7.96. The van der Waals surface area contributed by atoms with Gasteiger partial charge in [0.05, 0.1) is 11.3 Å². The van der Waals surface area contributed by atoms with Gasteiger partial charge in [-0.3, -0.25) is 0 Å². The van der Waals surface area contributed by atoms with E-state index < -0.39 is 5.97 Å². The van der Waals surface area contributed by atoms with Crippen LogP contribution < -0.4 is 5.32 Å². The molecule has 0 radical (unpaired) electrons. The van der Waals surface area contributed by atoms with Gasteiger partial charge in [-0.25, -0.2) is 4.79 Å². The van der Waals surface area contributed by atoms with Crippen molar-refractivity contribution in [2.75, 3.05) is 5.32 Å². The van der Waals surface area contributed by atoms with Gasteiger partial charge in [0.1, 0.15) is 0 Å². The Morgan fingerprint density at radius 1 is 1.00 bits per heavy atom. The lowest BCUT2D eigenvalue weighted by Crippen LogP contribution is -2.03. The summed E-state index contributed by atoms with van der Waals surface area (Å²) in [7, 11) is 0. The van der Waals surface area contributed by atoms with E-state index in [-0.39, 0.29) is 5.56 Å². The Morgan fingerprint density at radius 3 is 2.57 bits per heavy atom. The molecule has 0 aromatic heterocycles. The quantitative estimate of drug-likeness (QED) is 0.482. The largest absolute Gasteiger partial charge is 0.478 e.